The zero-order valence-electron chi connectivity index (χ0n) is 64.3. The number of halogens is 1. The summed E-state index contributed by atoms with van der Waals surface area (Å²) in [5.41, 5.74) is 31.0. The van der Waals surface area contributed by atoms with Crippen molar-refractivity contribution >= 4 is 115 Å². The maximum absolute atomic E-state index is 3.56. The van der Waals surface area contributed by atoms with Gasteiger partial charge in [-0.15, -0.1) is 0 Å². The first-order valence-electron chi connectivity index (χ1n) is 40.1. The summed E-state index contributed by atoms with van der Waals surface area (Å²) >= 11 is 3.56. The molecule has 0 saturated carbocycles. The number of benzene rings is 20. The number of fused-ring (bicyclic) bond motifs is 10. The van der Waals surface area contributed by atoms with Crippen LogP contribution in [0.25, 0.3) is 148 Å². The van der Waals surface area contributed by atoms with Crippen LogP contribution in [0.4, 0.5) is 34.1 Å². The third-order valence-electron chi connectivity index (χ3n) is 23.0. The summed E-state index contributed by atoms with van der Waals surface area (Å²) < 4.78 is 3.51. The number of nitrogens with zero attached hydrogens (tertiary/aromatic N) is 3. The predicted molar refractivity (Wildman–Crippen MR) is 508 cm³/mol. The fourth-order valence-electron chi connectivity index (χ4n) is 17.6. The molecule has 3 nitrogen and oxygen atoms in total. The number of anilines is 6. The molecule has 118 heavy (non-hydrogen) atoms. The first-order chi connectivity index (χ1) is 58.0. The van der Waals surface area contributed by atoms with E-state index in [0.717, 1.165) is 50.7 Å². The van der Waals surface area contributed by atoms with E-state index in [1.54, 1.807) is 0 Å². The molecule has 21 aromatic rings. The molecule has 1 heterocycles. The Bertz CT molecular complexity index is 6960. The van der Waals surface area contributed by atoms with Crippen molar-refractivity contribution in [2.45, 2.75) is 13.8 Å². The zero-order valence-corrected chi connectivity index (χ0v) is 65.9. The lowest BCUT2D eigenvalue weighted by Crippen LogP contribution is -2.09. The minimum Gasteiger partial charge on any atom is -0.311 e. The van der Waals surface area contributed by atoms with Crippen LogP contribution in [0.5, 0.6) is 0 Å². The van der Waals surface area contributed by atoms with Gasteiger partial charge in [-0.3, -0.25) is 0 Å². The van der Waals surface area contributed by atoms with Gasteiger partial charge in [0.1, 0.15) is 0 Å². The van der Waals surface area contributed by atoms with Crippen LogP contribution >= 0.6 is 15.9 Å². The predicted octanol–water partition coefficient (Wildman–Crippen LogP) is 32.7. The molecule has 0 fully saturated rings. The van der Waals surface area contributed by atoms with Gasteiger partial charge in [-0.25, -0.2) is 0 Å². The van der Waals surface area contributed by atoms with E-state index in [9.17, 15) is 0 Å². The highest BCUT2D eigenvalue weighted by Gasteiger charge is 2.23. The van der Waals surface area contributed by atoms with Gasteiger partial charge in [0.15, 0.2) is 0 Å². The van der Waals surface area contributed by atoms with Gasteiger partial charge in [-0.2, -0.15) is 0 Å². The molecule has 22 rings (SSSR count). The first kappa shape index (κ1) is 73.5. The summed E-state index contributed by atoms with van der Waals surface area (Å²) in [4.78, 5) is 4.60. The summed E-state index contributed by atoms with van der Waals surface area (Å²) in [7, 11) is 0. The smallest absolute Gasteiger partial charge is 0.0541 e. The molecule has 0 aliphatic heterocycles. The Morgan fingerprint density at radius 1 is 0.195 bits per heavy atom. The van der Waals surface area contributed by atoms with Crippen LogP contribution in [0, 0.1) is 0 Å². The van der Waals surface area contributed by atoms with Crippen molar-refractivity contribution in [3.05, 3.63) is 477 Å². The lowest BCUT2D eigenvalue weighted by Gasteiger charge is -2.25. The fraction of sp³-hybridized carbons (Fsp3) is 0.0175. The van der Waals surface area contributed by atoms with Crippen LogP contribution in [0.1, 0.15) is 18.6 Å². The molecule has 1 aromatic heterocycles. The standard InChI is InChI=1S/C56H38N2.C31H23N.C26H17Br.CH4/c1-4-16-40(17-5-1)55-48-23-10-12-25-50(48)56(51-26-13-11-24-49(51)55)41-30-35-46(36-31-41)58-53-27-15-14-22-47(53)52-38-42(32-37-54(52)58)39-28-33-45(34-29-39)57(43-18-6-2-7-19-43)44-20-8-3-9-21-44;1-3-10-27(11-4-1)32(28-12-5-2-6-13-28)29-19-17-23(18-20-29)24-15-16-26-21-25-9-7-8-14-30(25)31(26)22-24;27-20-16-14-19(15-17-20)26-23-12-6-4-10-21(23)25(18-8-2-1-3-9-18)22-11-5-7-13-24(22)26;/h1-38H;1-20,22H,21H2;1-17H;1H4. The average molecular weight is 1570 g/mol. The SMILES string of the molecule is Brc1ccc(-c2c3ccccc3c(-c3ccccc3)c3ccccc23)cc1.C.c1ccc(-c2c3ccccc3c(-c3ccc(-n4c5ccccc5c5cc(-c6ccc(N(c7ccccc7)c7ccccc7)cc6)ccc54)cc3)c3ccccc23)cc1.c1ccc(N(c2ccccc2)c2ccc(-c3ccc4c(c3)-c3ccccc3C4)cc2)cc1. The van der Waals surface area contributed by atoms with Crippen molar-refractivity contribution in [1.82, 2.24) is 4.57 Å². The molecular formula is C114H82BrN3. The van der Waals surface area contributed by atoms with Gasteiger partial charge in [-0.05, 0) is 260 Å². The molecule has 0 radical (unpaired) electrons. The van der Waals surface area contributed by atoms with Crippen molar-refractivity contribution in [3.8, 4) is 83.6 Å². The second-order valence-electron chi connectivity index (χ2n) is 29.9. The summed E-state index contributed by atoms with van der Waals surface area (Å²) in [6.45, 7) is 0. The lowest BCUT2D eigenvalue weighted by atomic mass is 9.86. The van der Waals surface area contributed by atoms with Gasteiger partial charge in [-0.1, -0.05) is 363 Å². The molecule has 0 atom stereocenters. The van der Waals surface area contributed by atoms with Gasteiger partial charge in [0, 0.05) is 55.1 Å². The second kappa shape index (κ2) is 32.7. The van der Waals surface area contributed by atoms with Crippen molar-refractivity contribution in [1.29, 1.82) is 0 Å². The molecule has 560 valence electrons. The summed E-state index contributed by atoms with van der Waals surface area (Å²) in [5, 5.41) is 12.7. The van der Waals surface area contributed by atoms with E-state index >= 15 is 0 Å². The van der Waals surface area contributed by atoms with Crippen LogP contribution in [0.15, 0.2) is 466 Å². The highest BCUT2D eigenvalue weighted by Crippen LogP contribution is 2.48. The summed E-state index contributed by atoms with van der Waals surface area (Å²) in [6, 6.07) is 166. The summed E-state index contributed by atoms with van der Waals surface area (Å²) in [5.74, 6) is 0. The van der Waals surface area contributed by atoms with E-state index in [1.807, 2.05) is 0 Å². The normalized spacial score (nSPS) is 11.3. The number of hydrogen-bond acceptors (Lipinski definition) is 2. The maximum Gasteiger partial charge on any atom is 0.0541 e. The summed E-state index contributed by atoms with van der Waals surface area (Å²) in [6.07, 6.45) is 1.04. The molecule has 0 saturated heterocycles. The average Bonchev–Trinajstić information content (AvgIpc) is 0.808. The Morgan fingerprint density at radius 2 is 0.475 bits per heavy atom. The van der Waals surface area contributed by atoms with E-state index in [-0.39, 0.29) is 7.43 Å². The van der Waals surface area contributed by atoms with Gasteiger partial charge in [0.25, 0.3) is 0 Å². The van der Waals surface area contributed by atoms with E-state index in [2.05, 4.69) is 491 Å². The second-order valence-corrected chi connectivity index (χ2v) is 30.8. The van der Waals surface area contributed by atoms with Crippen LogP contribution in [0.2, 0.25) is 0 Å². The molecule has 4 heteroatoms. The third kappa shape index (κ3) is 14.1. The van der Waals surface area contributed by atoms with Crippen molar-refractivity contribution in [2.75, 3.05) is 9.80 Å². The number of rotatable bonds is 13. The molecule has 0 spiro atoms. The van der Waals surface area contributed by atoms with Crippen LogP contribution in [0.3, 0.4) is 0 Å². The van der Waals surface area contributed by atoms with Gasteiger partial charge < -0.3 is 14.4 Å². The molecule has 0 amide bonds. The van der Waals surface area contributed by atoms with Crippen LogP contribution in [-0.2, 0) is 6.42 Å². The van der Waals surface area contributed by atoms with Crippen LogP contribution in [-0.4, -0.2) is 4.57 Å². The number of aromatic nitrogens is 1. The highest BCUT2D eigenvalue weighted by atomic mass is 79.9. The minimum atomic E-state index is 0. The fourth-order valence-corrected chi connectivity index (χ4v) is 17.9. The Kier molecular flexibility index (Phi) is 20.3. The molecular weight excluding hydrogens is 1490 g/mol. The number of hydrogen-bond donors (Lipinski definition) is 0. The molecule has 0 unspecified atom stereocenters. The minimum absolute atomic E-state index is 0. The molecule has 20 aromatic carbocycles. The van der Waals surface area contributed by atoms with Crippen LogP contribution < -0.4 is 9.80 Å². The quantitative estimate of drug-likeness (QED) is 0.107. The molecule has 1 aliphatic carbocycles. The Hall–Kier alpha value is -14.7. The Balaban J connectivity index is 0.000000129. The molecule has 0 N–H and O–H groups in total. The van der Waals surface area contributed by atoms with Gasteiger partial charge >= 0.3 is 0 Å². The van der Waals surface area contributed by atoms with E-state index in [1.165, 1.54) is 154 Å². The van der Waals surface area contributed by atoms with Crippen molar-refractivity contribution in [2.24, 2.45) is 0 Å². The molecule has 1 aliphatic rings. The first-order valence-corrected chi connectivity index (χ1v) is 40.9. The van der Waals surface area contributed by atoms with Crippen molar-refractivity contribution in [3.63, 3.8) is 0 Å². The van der Waals surface area contributed by atoms with Gasteiger partial charge in [0.2, 0.25) is 0 Å². The van der Waals surface area contributed by atoms with E-state index in [4.69, 9.17) is 0 Å². The zero-order chi connectivity index (χ0) is 78.0. The maximum atomic E-state index is 3.56. The third-order valence-corrected chi connectivity index (χ3v) is 23.5. The lowest BCUT2D eigenvalue weighted by molar-refractivity contribution is 1.18. The largest absolute Gasteiger partial charge is 0.311 e. The van der Waals surface area contributed by atoms with E-state index in [0.29, 0.717) is 0 Å². The van der Waals surface area contributed by atoms with E-state index < -0.39 is 0 Å². The van der Waals surface area contributed by atoms with Crippen molar-refractivity contribution < 1.29 is 0 Å². The van der Waals surface area contributed by atoms with Gasteiger partial charge in [0.05, 0.1) is 11.0 Å². The topological polar surface area (TPSA) is 11.4 Å². The molecule has 0 bridgehead atoms. The monoisotopic (exact) mass is 1570 g/mol. The Morgan fingerprint density at radius 3 is 0.881 bits per heavy atom. The Labute approximate surface area is 698 Å². The highest BCUT2D eigenvalue weighted by molar-refractivity contribution is 9.10. The number of para-hydroxylation sites is 5.